The van der Waals surface area contributed by atoms with Gasteiger partial charge >= 0.3 is 0 Å². The minimum atomic E-state index is -0.484. The molecule has 0 aromatic heterocycles. The number of carbonyl (C=O) groups excluding carboxylic acids is 1. The monoisotopic (exact) mass is 310 g/mol. The molecule has 1 aromatic carbocycles. The van der Waals surface area contributed by atoms with Crippen molar-refractivity contribution in [2.75, 3.05) is 0 Å². The number of amides is 1. The van der Waals surface area contributed by atoms with Crippen LogP contribution in [0.1, 0.15) is 26.3 Å². The molecule has 7 nitrogen and oxygen atoms in total. The maximum absolute atomic E-state index is 11.7. The zero-order chi connectivity index (χ0) is 16.0. The smallest absolute Gasteiger partial charge is 0.269 e. The van der Waals surface area contributed by atoms with Crippen molar-refractivity contribution in [3.05, 3.63) is 39.9 Å². The quantitative estimate of drug-likeness (QED) is 0.444. The summed E-state index contributed by atoms with van der Waals surface area (Å²) in [4.78, 5) is 21.7. The second-order valence-electron chi connectivity index (χ2n) is 5.48. The molecule has 1 aromatic rings. The first-order chi connectivity index (χ1) is 9.67. The van der Waals surface area contributed by atoms with E-state index in [1.807, 2.05) is 20.8 Å². The topological polar surface area (TPSA) is 96.3 Å². The van der Waals surface area contributed by atoms with Gasteiger partial charge in [-0.15, -0.1) is 0 Å². The molecule has 0 bridgehead atoms. The number of hydrogen-bond acceptors (Lipinski definition) is 4. The van der Waals surface area contributed by atoms with E-state index in [2.05, 4.69) is 16.2 Å². The molecular formula is C13H18N4O3S. The minimum absolute atomic E-state index is 0.00663. The van der Waals surface area contributed by atoms with Gasteiger partial charge in [0.15, 0.2) is 5.11 Å². The van der Waals surface area contributed by atoms with Gasteiger partial charge in [-0.05, 0) is 38.6 Å². The molecule has 0 saturated heterocycles. The van der Waals surface area contributed by atoms with Crippen LogP contribution >= 0.6 is 12.2 Å². The Hall–Kier alpha value is -2.22. The molecule has 0 heterocycles. The largest absolute Gasteiger partial charge is 0.357 e. The molecule has 0 radical (unpaired) electrons. The maximum Gasteiger partial charge on any atom is 0.269 e. The zero-order valence-corrected chi connectivity index (χ0v) is 12.9. The Labute approximate surface area is 128 Å². The van der Waals surface area contributed by atoms with E-state index in [-0.39, 0.29) is 23.6 Å². The summed E-state index contributed by atoms with van der Waals surface area (Å²) in [5.74, 6) is -0.290. The van der Waals surface area contributed by atoms with Crippen molar-refractivity contribution in [2.45, 2.75) is 32.7 Å². The van der Waals surface area contributed by atoms with Gasteiger partial charge in [0, 0.05) is 17.7 Å². The highest BCUT2D eigenvalue weighted by Gasteiger charge is 2.12. The standard InChI is InChI=1S/C13H18N4O3S/c1-13(2,3)14-12(21)16-15-11(18)8-9-4-6-10(7-5-9)17(19)20/h4-7H,8H2,1-3H3,(H,15,18)(H2,14,16,21). The van der Waals surface area contributed by atoms with E-state index in [1.165, 1.54) is 12.1 Å². The Morgan fingerprint density at radius 2 is 1.81 bits per heavy atom. The summed E-state index contributed by atoms with van der Waals surface area (Å²) < 4.78 is 0. The summed E-state index contributed by atoms with van der Waals surface area (Å²) in [5.41, 5.74) is 5.53. The van der Waals surface area contributed by atoms with Gasteiger partial charge in [0.2, 0.25) is 5.91 Å². The van der Waals surface area contributed by atoms with Gasteiger partial charge in [0.1, 0.15) is 0 Å². The molecule has 114 valence electrons. The Morgan fingerprint density at radius 3 is 2.29 bits per heavy atom. The van der Waals surface area contributed by atoms with Crippen LogP contribution in [0.25, 0.3) is 0 Å². The fourth-order valence-electron chi connectivity index (χ4n) is 1.46. The van der Waals surface area contributed by atoms with Crippen LogP contribution < -0.4 is 16.2 Å². The predicted molar refractivity (Wildman–Crippen MR) is 83.6 cm³/mol. The molecule has 0 spiro atoms. The van der Waals surface area contributed by atoms with Crippen molar-refractivity contribution < 1.29 is 9.72 Å². The van der Waals surface area contributed by atoms with Crippen LogP contribution in [0.15, 0.2) is 24.3 Å². The second-order valence-corrected chi connectivity index (χ2v) is 5.89. The summed E-state index contributed by atoms with van der Waals surface area (Å²) in [6.07, 6.45) is 0.100. The Kier molecular flexibility index (Phi) is 5.60. The molecule has 0 aliphatic carbocycles. The number of hydrogen-bond donors (Lipinski definition) is 3. The summed E-state index contributed by atoms with van der Waals surface area (Å²) in [7, 11) is 0. The van der Waals surface area contributed by atoms with E-state index in [0.29, 0.717) is 10.7 Å². The number of thiocarbonyl (C=S) groups is 1. The molecule has 0 aliphatic heterocycles. The SMILES string of the molecule is CC(C)(C)NC(=S)NNC(=O)Cc1ccc([N+](=O)[O-])cc1. The highest BCUT2D eigenvalue weighted by Crippen LogP contribution is 2.12. The first-order valence-corrected chi connectivity index (χ1v) is 6.68. The Bertz CT molecular complexity index is 537. The van der Waals surface area contributed by atoms with Crippen LogP contribution in [0.2, 0.25) is 0 Å². The minimum Gasteiger partial charge on any atom is -0.357 e. The molecule has 0 fully saturated rings. The Balaban J connectivity index is 2.43. The molecule has 21 heavy (non-hydrogen) atoms. The van der Waals surface area contributed by atoms with Crippen molar-refractivity contribution >= 4 is 28.9 Å². The van der Waals surface area contributed by atoms with Crippen molar-refractivity contribution in [3.8, 4) is 0 Å². The molecule has 1 amide bonds. The van der Waals surface area contributed by atoms with Gasteiger partial charge < -0.3 is 5.32 Å². The molecule has 0 atom stereocenters. The molecule has 3 N–H and O–H groups in total. The highest BCUT2D eigenvalue weighted by atomic mass is 32.1. The molecule has 8 heteroatoms. The number of non-ortho nitro benzene ring substituents is 1. The molecular weight excluding hydrogens is 292 g/mol. The van der Waals surface area contributed by atoms with Crippen molar-refractivity contribution in [3.63, 3.8) is 0 Å². The van der Waals surface area contributed by atoms with E-state index in [4.69, 9.17) is 12.2 Å². The number of nitro benzene ring substituents is 1. The van der Waals surface area contributed by atoms with Crippen molar-refractivity contribution in [1.82, 2.24) is 16.2 Å². The number of nitro groups is 1. The first kappa shape index (κ1) is 16.8. The predicted octanol–water partition coefficient (Wildman–Crippen LogP) is 1.43. The van der Waals surface area contributed by atoms with Crippen LogP contribution in [0.3, 0.4) is 0 Å². The average Bonchev–Trinajstić information content (AvgIpc) is 2.35. The number of nitrogens with one attached hydrogen (secondary N) is 3. The maximum atomic E-state index is 11.7. The van der Waals surface area contributed by atoms with Crippen molar-refractivity contribution in [2.24, 2.45) is 0 Å². The Morgan fingerprint density at radius 1 is 1.24 bits per heavy atom. The average molecular weight is 310 g/mol. The van der Waals surface area contributed by atoms with Crippen LogP contribution in [-0.2, 0) is 11.2 Å². The normalized spacial score (nSPS) is 10.6. The van der Waals surface area contributed by atoms with Crippen molar-refractivity contribution in [1.29, 1.82) is 0 Å². The van der Waals surface area contributed by atoms with Crippen LogP contribution in [-0.4, -0.2) is 21.5 Å². The number of hydrazine groups is 1. The zero-order valence-electron chi connectivity index (χ0n) is 12.1. The van der Waals surface area contributed by atoms with Gasteiger partial charge in [-0.25, -0.2) is 0 Å². The highest BCUT2D eigenvalue weighted by molar-refractivity contribution is 7.80. The third-order valence-electron chi connectivity index (χ3n) is 2.32. The lowest BCUT2D eigenvalue weighted by molar-refractivity contribution is -0.384. The van der Waals surface area contributed by atoms with Crippen LogP contribution in [0.4, 0.5) is 5.69 Å². The van der Waals surface area contributed by atoms with E-state index in [9.17, 15) is 14.9 Å². The third-order valence-corrected chi connectivity index (χ3v) is 2.52. The van der Waals surface area contributed by atoms with E-state index in [1.54, 1.807) is 12.1 Å². The van der Waals surface area contributed by atoms with E-state index >= 15 is 0 Å². The van der Waals surface area contributed by atoms with E-state index in [0.717, 1.165) is 0 Å². The summed E-state index contributed by atoms with van der Waals surface area (Å²) in [6.45, 7) is 5.83. The van der Waals surface area contributed by atoms with Gasteiger partial charge in [0.05, 0.1) is 11.3 Å². The number of carbonyl (C=O) groups is 1. The van der Waals surface area contributed by atoms with E-state index < -0.39 is 4.92 Å². The fraction of sp³-hybridized carbons (Fsp3) is 0.385. The van der Waals surface area contributed by atoms with Crippen LogP contribution in [0.5, 0.6) is 0 Å². The van der Waals surface area contributed by atoms with Gasteiger partial charge in [-0.3, -0.25) is 25.8 Å². The lowest BCUT2D eigenvalue weighted by atomic mass is 10.1. The summed E-state index contributed by atoms with van der Waals surface area (Å²) in [6, 6.07) is 5.82. The summed E-state index contributed by atoms with van der Waals surface area (Å²) in [5, 5.41) is 13.8. The summed E-state index contributed by atoms with van der Waals surface area (Å²) >= 11 is 5.02. The lowest BCUT2D eigenvalue weighted by Crippen LogP contribution is -2.52. The third kappa shape index (κ3) is 6.66. The molecule has 0 aliphatic rings. The van der Waals surface area contributed by atoms with Gasteiger partial charge in [-0.1, -0.05) is 12.1 Å². The first-order valence-electron chi connectivity index (χ1n) is 6.28. The van der Waals surface area contributed by atoms with Gasteiger partial charge in [-0.2, -0.15) is 0 Å². The fourth-order valence-corrected chi connectivity index (χ4v) is 1.82. The van der Waals surface area contributed by atoms with Crippen LogP contribution in [0, 0.1) is 10.1 Å². The molecule has 0 saturated carbocycles. The second kappa shape index (κ2) is 6.98. The number of rotatable bonds is 3. The lowest BCUT2D eigenvalue weighted by Gasteiger charge is -2.23. The number of nitrogens with zero attached hydrogens (tertiary/aromatic N) is 1. The molecule has 1 rings (SSSR count). The van der Waals surface area contributed by atoms with Gasteiger partial charge in [0.25, 0.3) is 5.69 Å². The molecule has 0 unspecified atom stereocenters. The number of benzene rings is 1.